The SMILES string of the molecule is O=CC1CC2(CCC3(CCC(Cc4cccc(O)c4)C3)C2)CC12CC1CC3CC4CC5(CO)OC6Oc7cccc8c7C(=O)C79C(O)=CC(Cc%10cccc(CO)c%10)=C(C=CC%10CCCC%11CCC(CC%10%11O)C7SSCNC7=CC(=C3CN7)C1(C2)C4C(O)(C6O)C5O)C9C8=O. The molecule has 17 heteroatoms. The van der Waals surface area contributed by atoms with E-state index in [1.807, 2.05) is 42.5 Å². The van der Waals surface area contributed by atoms with Crippen molar-refractivity contribution >= 4 is 39.4 Å². The maximum Gasteiger partial charge on any atom is 0.229 e. The summed E-state index contributed by atoms with van der Waals surface area (Å²) in [6.45, 7) is -0.381. The lowest BCUT2D eigenvalue weighted by Crippen LogP contribution is -2.81. The van der Waals surface area contributed by atoms with Gasteiger partial charge in [0.1, 0.15) is 52.4 Å². The number of fused-ring (bicyclic) bond motifs is 4. The van der Waals surface area contributed by atoms with E-state index in [1.54, 1.807) is 30.3 Å². The van der Waals surface area contributed by atoms with E-state index in [2.05, 4.69) is 28.9 Å². The van der Waals surface area contributed by atoms with Crippen LogP contribution in [-0.4, -0.2) is 118 Å². The number of phenols is 1. The summed E-state index contributed by atoms with van der Waals surface area (Å²) in [5.74, 6) is -2.63. The Morgan fingerprint density at radius 2 is 1.61 bits per heavy atom. The first-order chi connectivity index (χ1) is 45.8. The Kier molecular flexibility index (Phi) is 14.3. The highest BCUT2D eigenvalue weighted by molar-refractivity contribution is 8.77. The van der Waals surface area contributed by atoms with Crippen molar-refractivity contribution in [2.75, 3.05) is 19.0 Å². The van der Waals surface area contributed by atoms with E-state index in [4.69, 9.17) is 9.47 Å². The number of ether oxygens (including phenoxy) is 2. The maximum atomic E-state index is 17.1. The third-order valence-corrected chi connectivity index (χ3v) is 31.6. The highest BCUT2D eigenvalue weighted by Gasteiger charge is 2.80. The molecule has 13 bridgehead atoms. The molecule has 3 heterocycles. The molecule has 502 valence electrons. The van der Waals surface area contributed by atoms with Gasteiger partial charge in [-0.05, 0) is 250 Å². The lowest BCUT2D eigenvalue weighted by molar-refractivity contribution is -0.392. The van der Waals surface area contributed by atoms with E-state index in [1.165, 1.54) is 39.0 Å². The average Bonchev–Trinajstić information content (AvgIpc) is 1.56. The first-order valence-corrected chi connectivity index (χ1v) is 38.2. The number of carbonyl (C=O) groups excluding carboxylic acids is 3. The van der Waals surface area contributed by atoms with Crippen LogP contribution >= 0.6 is 21.6 Å². The molecular weight excluding hydrogens is 1240 g/mol. The van der Waals surface area contributed by atoms with Gasteiger partial charge >= 0.3 is 0 Å². The molecule has 10 N–H and O–H groups in total. The lowest BCUT2D eigenvalue weighted by atomic mass is 9.46. The second kappa shape index (κ2) is 21.9. The number of nitrogens with one attached hydrogen (secondary N) is 2. The first kappa shape index (κ1) is 62.1. The Labute approximate surface area is 563 Å². The number of aldehydes is 1. The maximum absolute atomic E-state index is 17.1. The lowest BCUT2D eigenvalue weighted by Gasteiger charge is -2.65. The minimum absolute atomic E-state index is 0.0161. The molecule has 0 amide bonds. The summed E-state index contributed by atoms with van der Waals surface area (Å²) in [6, 6.07) is 20.1. The molecule has 15 nitrogen and oxygen atoms in total. The Morgan fingerprint density at radius 3 is 2.45 bits per heavy atom. The first-order valence-electron chi connectivity index (χ1n) is 35.8. The molecule has 3 aromatic carbocycles. The fourth-order valence-electron chi connectivity index (χ4n) is 25.6. The van der Waals surface area contributed by atoms with Crippen LogP contribution in [0, 0.1) is 86.3 Å². The molecule has 22 unspecified atom stereocenters. The normalized spacial score (nSPS) is 45.5. The fraction of sp³-hybridized carbons (Fsp3) is 0.603. The number of Topliss-reactive ketones (excluding diaryl/α,β-unsaturated/α-hetero) is 2. The number of allylic oxidation sites excluding steroid dienone is 7. The van der Waals surface area contributed by atoms with Gasteiger partial charge in [0.05, 0.1) is 42.0 Å². The van der Waals surface area contributed by atoms with E-state index in [-0.39, 0.29) is 94.3 Å². The summed E-state index contributed by atoms with van der Waals surface area (Å²) in [4.78, 5) is 47.9. The standard InChI is InChI=1S/C78H90N2O13S2/c81-35-45-7-1-5-42(22-45)23-47-27-60(85)77-63-55(47)16-15-51-9-3-8-50-14-13-46(31-76(50,51)90)68(77)95-94-41-80-61-28-58-57(34-79-61)48-25-49-30-74(40-83)70(89)78(91,67(88)69(93-74)92-59-12-4-11-56(64(63)86)62(59)66(77)87)65(49)75(58)39-73(33-52(75)26-48)38-72(32-53(73)36-82)20-19-71(37-72)18-17-44(29-71)21-43-6-2-10-54(84)24-43/h1-2,4-7,10-12,15-16,22,24,27-28,36,44,46,48-53,63,65,67-70,79-81,83-85,88-91H,3,8-9,13-14,17-21,23,25-26,29-35,37-41H2. The highest BCUT2D eigenvalue weighted by Crippen LogP contribution is 2.80. The van der Waals surface area contributed by atoms with Crippen molar-refractivity contribution in [1.29, 1.82) is 0 Å². The molecule has 19 rings (SSSR count). The molecule has 3 aromatic rings. The predicted octanol–water partition coefficient (Wildman–Crippen LogP) is 10.6. The summed E-state index contributed by atoms with van der Waals surface area (Å²) in [5, 5.41) is 108. The van der Waals surface area contributed by atoms with Gasteiger partial charge in [0, 0.05) is 40.5 Å². The van der Waals surface area contributed by atoms with Gasteiger partial charge in [-0.15, -0.1) is 0 Å². The number of aromatic hydroxyl groups is 1. The molecule has 1 saturated heterocycles. The van der Waals surface area contributed by atoms with Gasteiger partial charge < -0.3 is 65.8 Å². The number of aliphatic hydroxyl groups is 7. The van der Waals surface area contributed by atoms with Crippen LogP contribution in [0.25, 0.3) is 0 Å². The molecule has 5 spiro atoms. The van der Waals surface area contributed by atoms with E-state index in [9.17, 15) is 45.6 Å². The van der Waals surface area contributed by atoms with Crippen molar-refractivity contribution in [3.05, 3.63) is 153 Å². The van der Waals surface area contributed by atoms with Crippen LogP contribution in [0.4, 0.5) is 0 Å². The number of hydrogen-bond donors (Lipinski definition) is 10. The van der Waals surface area contributed by atoms with E-state index >= 15 is 9.59 Å². The number of rotatable bonds is 7. The number of phenolic OH excluding ortho intramolecular Hbond substituents is 1. The largest absolute Gasteiger partial charge is 0.511 e. The van der Waals surface area contributed by atoms with Crippen molar-refractivity contribution in [3.8, 4) is 11.5 Å². The van der Waals surface area contributed by atoms with Gasteiger partial charge in [-0.2, -0.15) is 0 Å². The Balaban J connectivity index is 0.773. The number of benzene rings is 3. The zero-order valence-electron chi connectivity index (χ0n) is 53.9. The number of hydrogen-bond acceptors (Lipinski definition) is 17. The minimum atomic E-state index is -2.39. The van der Waals surface area contributed by atoms with Gasteiger partial charge in [0.2, 0.25) is 6.29 Å². The second-order valence-corrected chi connectivity index (χ2v) is 35.7. The van der Waals surface area contributed by atoms with Gasteiger partial charge in [0.25, 0.3) is 0 Å². The van der Waals surface area contributed by atoms with Crippen LogP contribution in [0.1, 0.15) is 159 Å². The Bertz CT molecular complexity index is 3920. The van der Waals surface area contributed by atoms with E-state index < -0.39 is 86.8 Å². The Morgan fingerprint density at radius 1 is 0.779 bits per heavy atom. The Hall–Kier alpha value is -5.21. The van der Waals surface area contributed by atoms with Crippen molar-refractivity contribution in [2.24, 2.45) is 86.3 Å². The third-order valence-electron chi connectivity index (χ3n) is 28.8. The van der Waals surface area contributed by atoms with Crippen LogP contribution in [0.2, 0.25) is 0 Å². The molecule has 0 aromatic heterocycles. The van der Waals surface area contributed by atoms with Crippen molar-refractivity contribution in [3.63, 3.8) is 0 Å². The molecule has 13 aliphatic carbocycles. The van der Waals surface area contributed by atoms with Gasteiger partial charge in [-0.3, -0.25) is 9.59 Å². The van der Waals surface area contributed by atoms with E-state index in [0.717, 1.165) is 107 Å². The van der Waals surface area contributed by atoms with Crippen molar-refractivity contribution in [1.82, 2.24) is 10.6 Å². The summed E-state index contributed by atoms with van der Waals surface area (Å²) in [6.07, 6.45) is 20.4. The summed E-state index contributed by atoms with van der Waals surface area (Å²) < 4.78 is 14.0. The monoisotopic (exact) mass is 1330 g/mol. The molecule has 16 aliphatic rings. The number of carbonyl (C=O) groups is 3. The summed E-state index contributed by atoms with van der Waals surface area (Å²) in [7, 11) is 3.01. The van der Waals surface area contributed by atoms with Gasteiger partial charge in [0.15, 0.2) is 11.6 Å². The molecular formula is C78H90N2O13S2. The highest BCUT2D eigenvalue weighted by atomic mass is 33.1. The molecule has 8 saturated carbocycles. The van der Waals surface area contributed by atoms with Crippen LogP contribution in [0.15, 0.2) is 125 Å². The van der Waals surface area contributed by atoms with Crippen LogP contribution in [0.3, 0.4) is 0 Å². The van der Waals surface area contributed by atoms with Crippen LogP contribution in [-0.2, 0) is 29.0 Å². The van der Waals surface area contributed by atoms with Gasteiger partial charge in [-0.25, -0.2) is 0 Å². The summed E-state index contributed by atoms with van der Waals surface area (Å²) in [5.41, 5.74) is -2.24. The molecule has 3 aliphatic heterocycles. The minimum Gasteiger partial charge on any atom is -0.511 e. The number of ketones is 2. The predicted molar refractivity (Wildman–Crippen MR) is 358 cm³/mol. The van der Waals surface area contributed by atoms with Crippen molar-refractivity contribution < 1.29 is 64.7 Å². The summed E-state index contributed by atoms with van der Waals surface area (Å²) >= 11 is 0. The fourth-order valence-corrected chi connectivity index (χ4v) is 28.7. The van der Waals surface area contributed by atoms with Crippen LogP contribution < -0.4 is 15.4 Å². The average molecular weight is 1330 g/mol. The second-order valence-electron chi connectivity index (χ2n) is 33.2. The molecule has 0 radical (unpaired) electrons. The van der Waals surface area contributed by atoms with E-state index in [0.29, 0.717) is 72.9 Å². The van der Waals surface area contributed by atoms with Crippen molar-refractivity contribution in [2.45, 2.75) is 182 Å². The van der Waals surface area contributed by atoms with Crippen LogP contribution in [0.5, 0.6) is 11.5 Å². The molecule has 9 fully saturated rings. The quantitative estimate of drug-likeness (QED) is 0.0779. The van der Waals surface area contributed by atoms with Gasteiger partial charge in [-0.1, -0.05) is 88.7 Å². The topological polar surface area (TPSA) is 256 Å². The molecule has 95 heavy (non-hydrogen) atoms. The number of aliphatic hydroxyl groups excluding tert-OH is 5. The smallest absolute Gasteiger partial charge is 0.229 e. The zero-order chi connectivity index (χ0) is 65.0. The zero-order valence-corrected chi connectivity index (χ0v) is 55.6. The number of dihydropyridines is 1. The third kappa shape index (κ3) is 8.73. The molecule has 22 atom stereocenters.